The van der Waals surface area contributed by atoms with Gasteiger partial charge in [-0.15, -0.1) is 5.10 Å². The first-order valence-electron chi connectivity index (χ1n) is 7.37. The highest BCUT2D eigenvalue weighted by Crippen LogP contribution is 2.29. The van der Waals surface area contributed by atoms with E-state index in [4.69, 9.17) is 5.73 Å². The lowest BCUT2D eigenvalue weighted by Gasteiger charge is -2.32. The van der Waals surface area contributed by atoms with Crippen LogP contribution < -0.4 is 11.1 Å². The molecule has 2 aliphatic rings. The quantitative estimate of drug-likeness (QED) is 0.756. The fraction of sp³-hybridized carbons (Fsp3) is 0.769. The molecule has 7 nitrogen and oxygen atoms in total. The molecular weight excluding hydrogens is 256 g/mol. The molecule has 1 aliphatic heterocycles. The molecule has 0 spiro atoms. The molecule has 110 valence electrons. The first-order valence-corrected chi connectivity index (χ1v) is 7.37. The van der Waals surface area contributed by atoms with Gasteiger partial charge >= 0.3 is 0 Å². The van der Waals surface area contributed by atoms with Crippen LogP contribution in [0, 0.1) is 0 Å². The standard InChI is InChI=1S/C13H22N6O/c14-7-11-8-19(17-16-11)9-13(20)15-10-3-5-18(6-4-10)12-1-2-12/h8,10,12H,1-7,9,14H2,(H,15,20). The first-order chi connectivity index (χ1) is 9.74. The number of likely N-dealkylation sites (tertiary alicyclic amines) is 1. The van der Waals surface area contributed by atoms with Crippen molar-refractivity contribution in [3.05, 3.63) is 11.9 Å². The molecule has 3 rings (SSSR count). The van der Waals surface area contributed by atoms with Gasteiger partial charge in [0.05, 0.1) is 11.9 Å². The SMILES string of the molecule is NCc1cn(CC(=O)NC2CCN(C3CC3)CC2)nn1. The average molecular weight is 278 g/mol. The Hall–Kier alpha value is -1.47. The number of carbonyl (C=O) groups excluding carboxylic acids is 1. The van der Waals surface area contributed by atoms with Gasteiger partial charge in [-0.2, -0.15) is 0 Å². The Bertz CT molecular complexity index is 461. The van der Waals surface area contributed by atoms with Gasteiger partial charge in [-0.25, -0.2) is 4.68 Å². The van der Waals surface area contributed by atoms with E-state index in [0.29, 0.717) is 18.3 Å². The molecule has 7 heteroatoms. The molecule has 1 amide bonds. The first kappa shape index (κ1) is 13.5. The highest BCUT2D eigenvalue weighted by Gasteiger charge is 2.32. The molecule has 1 saturated heterocycles. The average Bonchev–Trinajstić information content (AvgIpc) is 3.20. The molecule has 2 heterocycles. The minimum absolute atomic E-state index is 0.00310. The van der Waals surface area contributed by atoms with Crippen molar-refractivity contribution in [1.82, 2.24) is 25.2 Å². The number of piperidine rings is 1. The number of aromatic nitrogens is 3. The van der Waals surface area contributed by atoms with E-state index in [0.717, 1.165) is 32.0 Å². The van der Waals surface area contributed by atoms with Crippen molar-refractivity contribution in [2.24, 2.45) is 5.73 Å². The van der Waals surface area contributed by atoms with Crippen LogP contribution in [0.1, 0.15) is 31.4 Å². The summed E-state index contributed by atoms with van der Waals surface area (Å²) in [6, 6.07) is 1.13. The van der Waals surface area contributed by atoms with Crippen molar-refractivity contribution in [3.63, 3.8) is 0 Å². The molecule has 0 aromatic carbocycles. The monoisotopic (exact) mass is 278 g/mol. The van der Waals surface area contributed by atoms with Gasteiger partial charge in [-0.05, 0) is 25.7 Å². The normalized spacial score (nSPS) is 21.1. The molecular formula is C13H22N6O. The number of nitrogens with one attached hydrogen (secondary N) is 1. The van der Waals surface area contributed by atoms with Crippen molar-refractivity contribution in [1.29, 1.82) is 0 Å². The number of carbonyl (C=O) groups is 1. The fourth-order valence-electron chi connectivity index (χ4n) is 2.78. The van der Waals surface area contributed by atoms with Gasteiger partial charge in [0.25, 0.3) is 0 Å². The Labute approximate surface area is 118 Å². The maximum Gasteiger partial charge on any atom is 0.242 e. The van der Waals surface area contributed by atoms with Crippen LogP contribution in [0.25, 0.3) is 0 Å². The molecule has 0 atom stereocenters. The van der Waals surface area contributed by atoms with Crippen molar-refractivity contribution in [3.8, 4) is 0 Å². The minimum Gasteiger partial charge on any atom is -0.352 e. The van der Waals surface area contributed by atoms with Crippen LogP contribution in [0.5, 0.6) is 0 Å². The molecule has 3 N–H and O–H groups in total. The van der Waals surface area contributed by atoms with Crippen LogP contribution >= 0.6 is 0 Å². The van der Waals surface area contributed by atoms with E-state index in [1.165, 1.54) is 17.5 Å². The van der Waals surface area contributed by atoms with Gasteiger partial charge in [0.1, 0.15) is 6.54 Å². The Kier molecular flexibility index (Phi) is 3.98. The van der Waals surface area contributed by atoms with Crippen LogP contribution in [0.15, 0.2) is 6.20 Å². The zero-order valence-corrected chi connectivity index (χ0v) is 11.7. The molecule has 0 radical (unpaired) electrons. The summed E-state index contributed by atoms with van der Waals surface area (Å²) in [5.74, 6) is 0.00310. The van der Waals surface area contributed by atoms with Crippen LogP contribution in [-0.4, -0.2) is 51.0 Å². The summed E-state index contributed by atoms with van der Waals surface area (Å²) in [5.41, 5.74) is 6.17. The fourth-order valence-corrected chi connectivity index (χ4v) is 2.78. The lowest BCUT2D eigenvalue weighted by atomic mass is 10.0. The third kappa shape index (κ3) is 3.34. The van der Waals surface area contributed by atoms with Gasteiger partial charge in [0, 0.05) is 31.7 Å². The second-order valence-electron chi connectivity index (χ2n) is 5.72. The van der Waals surface area contributed by atoms with Crippen LogP contribution in [-0.2, 0) is 17.9 Å². The van der Waals surface area contributed by atoms with Crippen molar-refractivity contribution < 1.29 is 4.79 Å². The molecule has 1 aromatic rings. The Morgan fingerprint density at radius 2 is 2.10 bits per heavy atom. The largest absolute Gasteiger partial charge is 0.352 e. The van der Waals surface area contributed by atoms with Gasteiger partial charge in [-0.1, -0.05) is 5.21 Å². The van der Waals surface area contributed by atoms with Crippen molar-refractivity contribution in [2.45, 2.75) is 50.9 Å². The smallest absolute Gasteiger partial charge is 0.242 e. The Balaban J connectivity index is 1.42. The molecule has 1 aromatic heterocycles. The number of rotatable bonds is 5. The maximum atomic E-state index is 12.0. The van der Waals surface area contributed by atoms with Gasteiger partial charge in [-0.3, -0.25) is 4.79 Å². The molecule has 0 unspecified atom stereocenters. The summed E-state index contributed by atoms with van der Waals surface area (Å²) in [7, 11) is 0. The lowest BCUT2D eigenvalue weighted by molar-refractivity contribution is -0.122. The zero-order chi connectivity index (χ0) is 13.9. The predicted octanol–water partition coefficient (Wildman–Crippen LogP) is -0.520. The van der Waals surface area contributed by atoms with E-state index in [1.54, 1.807) is 6.20 Å². The topological polar surface area (TPSA) is 89.1 Å². The lowest BCUT2D eigenvalue weighted by Crippen LogP contribution is -2.46. The summed E-state index contributed by atoms with van der Waals surface area (Å²) in [6.45, 7) is 2.78. The summed E-state index contributed by atoms with van der Waals surface area (Å²) < 4.78 is 1.54. The van der Waals surface area contributed by atoms with Crippen LogP contribution in [0.3, 0.4) is 0 Å². The van der Waals surface area contributed by atoms with E-state index in [9.17, 15) is 4.79 Å². The van der Waals surface area contributed by atoms with Crippen LogP contribution in [0.2, 0.25) is 0 Å². The maximum absolute atomic E-state index is 12.0. The minimum atomic E-state index is 0.00310. The number of nitrogens with two attached hydrogens (primary N) is 1. The van der Waals surface area contributed by atoms with E-state index in [2.05, 4.69) is 20.5 Å². The summed E-state index contributed by atoms with van der Waals surface area (Å²) in [4.78, 5) is 14.5. The van der Waals surface area contributed by atoms with E-state index < -0.39 is 0 Å². The number of amides is 1. The van der Waals surface area contributed by atoms with E-state index >= 15 is 0 Å². The number of nitrogens with zero attached hydrogens (tertiary/aromatic N) is 4. The van der Waals surface area contributed by atoms with Gasteiger partial charge in [0.15, 0.2) is 0 Å². The third-order valence-electron chi connectivity index (χ3n) is 4.06. The summed E-state index contributed by atoms with van der Waals surface area (Å²) >= 11 is 0. The molecule has 0 bridgehead atoms. The van der Waals surface area contributed by atoms with Crippen molar-refractivity contribution in [2.75, 3.05) is 13.1 Å². The van der Waals surface area contributed by atoms with Crippen molar-refractivity contribution >= 4 is 5.91 Å². The number of hydrogen-bond acceptors (Lipinski definition) is 5. The highest BCUT2D eigenvalue weighted by molar-refractivity contribution is 5.75. The molecule has 1 aliphatic carbocycles. The van der Waals surface area contributed by atoms with Crippen LogP contribution in [0.4, 0.5) is 0 Å². The van der Waals surface area contributed by atoms with E-state index in [1.807, 2.05) is 0 Å². The van der Waals surface area contributed by atoms with E-state index in [-0.39, 0.29) is 12.5 Å². The highest BCUT2D eigenvalue weighted by atomic mass is 16.2. The number of hydrogen-bond donors (Lipinski definition) is 2. The summed E-state index contributed by atoms with van der Waals surface area (Å²) in [6.07, 6.45) is 6.52. The summed E-state index contributed by atoms with van der Waals surface area (Å²) in [5, 5.41) is 10.8. The Morgan fingerprint density at radius 1 is 1.35 bits per heavy atom. The van der Waals surface area contributed by atoms with Gasteiger partial charge in [0.2, 0.25) is 5.91 Å². The third-order valence-corrected chi connectivity index (χ3v) is 4.06. The molecule has 1 saturated carbocycles. The van der Waals surface area contributed by atoms with Gasteiger partial charge < -0.3 is 16.0 Å². The second-order valence-corrected chi connectivity index (χ2v) is 5.72. The molecule has 2 fully saturated rings. The molecule has 20 heavy (non-hydrogen) atoms. The zero-order valence-electron chi connectivity index (χ0n) is 11.7. The predicted molar refractivity (Wildman–Crippen MR) is 73.7 cm³/mol. The second kappa shape index (κ2) is 5.88. The Morgan fingerprint density at radius 3 is 2.70 bits per heavy atom.